The van der Waals surface area contributed by atoms with Crippen molar-refractivity contribution in [1.82, 2.24) is 9.62 Å². The van der Waals surface area contributed by atoms with Crippen molar-refractivity contribution < 1.29 is 17.6 Å². The van der Waals surface area contributed by atoms with Gasteiger partial charge >= 0.3 is 0 Å². The third-order valence-electron chi connectivity index (χ3n) is 4.94. The van der Waals surface area contributed by atoms with Crippen molar-refractivity contribution in [2.75, 3.05) is 12.8 Å². The summed E-state index contributed by atoms with van der Waals surface area (Å²) in [6, 6.07) is 22.7. The van der Waals surface area contributed by atoms with Crippen LogP contribution in [0, 0.1) is 12.7 Å². The van der Waals surface area contributed by atoms with Crippen LogP contribution in [0.25, 0.3) is 0 Å². The summed E-state index contributed by atoms with van der Waals surface area (Å²) in [6.07, 6.45) is 1.01. The molecule has 5 nitrogen and oxygen atoms in total. The second kappa shape index (κ2) is 9.85. The number of nitrogens with one attached hydrogen (secondary N) is 1. The molecule has 3 rings (SSSR count). The Kier molecular flexibility index (Phi) is 7.20. The molecule has 31 heavy (non-hydrogen) atoms. The molecular weight excluding hydrogens is 415 g/mol. The summed E-state index contributed by atoms with van der Waals surface area (Å²) in [7, 11) is -3.74. The summed E-state index contributed by atoms with van der Waals surface area (Å²) >= 11 is 0. The van der Waals surface area contributed by atoms with E-state index in [9.17, 15) is 17.6 Å². The molecule has 1 N–H and O–H groups in total. The minimum absolute atomic E-state index is 0.207. The van der Waals surface area contributed by atoms with Crippen LogP contribution in [0.1, 0.15) is 28.3 Å². The smallest absolute Gasteiger partial charge is 0.236 e. The van der Waals surface area contributed by atoms with Crippen LogP contribution < -0.4 is 5.32 Å². The lowest BCUT2D eigenvalue weighted by molar-refractivity contribution is -0.121. The van der Waals surface area contributed by atoms with E-state index in [2.05, 4.69) is 5.32 Å². The van der Waals surface area contributed by atoms with E-state index in [0.29, 0.717) is 0 Å². The summed E-state index contributed by atoms with van der Waals surface area (Å²) in [6.45, 7) is 1.34. The molecule has 0 saturated heterocycles. The maximum Gasteiger partial charge on any atom is 0.236 e. The van der Waals surface area contributed by atoms with E-state index in [4.69, 9.17) is 0 Å². The Morgan fingerprint density at radius 1 is 0.935 bits per heavy atom. The van der Waals surface area contributed by atoms with Gasteiger partial charge in [-0.3, -0.25) is 4.79 Å². The number of aryl methyl sites for hydroxylation is 1. The lowest BCUT2D eigenvalue weighted by Gasteiger charge is -2.24. The van der Waals surface area contributed by atoms with Gasteiger partial charge in [0.1, 0.15) is 5.82 Å². The highest BCUT2D eigenvalue weighted by Gasteiger charge is 2.24. The van der Waals surface area contributed by atoms with Crippen LogP contribution in [0.15, 0.2) is 78.9 Å². The van der Waals surface area contributed by atoms with Gasteiger partial charge in [0.15, 0.2) is 0 Å². The minimum atomic E-state index is -3.74. The van der Waals surface area contributed by atoms with Crippen LogP contribution in [0.5, 0.6) is 0 Å². The Morgan fingerprint density at radius 3 is 2.13 bits per heavy atom. The summed E-state index contributed by atoms with van der Waals surface area (Å²) in [4.78, 5) is 12.9. The van der Waals surface area contributed by atoms with Crippen molar-refractivity contribution >= 4 is 15.9 Å². The molecule has 162 valence electrons. The first kappa shape index (κ1) is 22.7. The number of amides is 1. The fourth-order valence-corrected chi connectivity index (χ4v) is 3.96. The van der Waals surface area contributed by atoms with Gasteiger partial charge in [0, 0.05) is 12.1 Å². The van der Waals surface area contributed by atoms with Crippen LogP contribution in [-0.2, 0) is 21.4 Å². The van der Waals surface area contributed by atoms with E-state index >= 15 is 0 Å². The number of benzene rings is 3. The monoisotopic (exact) mass is 440 g/mol. The van der Waals surface area contributed by atoms with E-state index < -0.39 is 34.3 Å². The number of hydrogen-bond acceptors (Lipinski definition) is 3. The summed E-state index contributed by atoms with van der Waals surface area (Å²) in [5, 5.41) is 2.93. The molecule has 0 spiro atoms. The molecule has 0 aliphatic rings. The maximum absolute atomic E-state index is 14.0. The van der Waals surface area contributed by atoms with Crippen LogP contribution >= 0.6 is 0 Å². The van der Waals surface area contributed by atoms with Crippen LogP contribution in [-0.4, -0.2) is 31.4 Å². The fraction of sp³-hybridized carbons (Fsp3) is 0.208. The molecule has 3 aromatic carbocycles. The molecule has 0 aliphatic carbocycles. The van der Waals surface area contributed by atoms with Gasteiger partial charge in [0.25, 0.3) is 0 Å². The molecule has 0 radical (unpaired) electrons. The first-order chi connectivity index (χ1) is 14.7. The first-order valence-corrected chi connectivity index (χ1v) is 11.7. The molecule has 0 unspecified atom stereocenters. The SMILES string of the molecule is Cc1ccc([C@H](NC(=O)CN(Cc2ccccc2F)S(C)(=O)=O)c2ccccc2)cc1. The van der Waals surface area contributed by atoms with Gasteiger partial charge in [0.2, 0.25) is 15.9 Å². The largest absolute Gasteiger partial charge is 0.344 e. The molecule has 0 fully saturated rings. The fourth-order valence-electron chi connectivity index (χ4n) is 3.24. The first-order valence-electron chi connectivity index (χ1n) is 9.83. The predicted molar refractivity (Wildman–Crippen MR) is 119 cm³/mol. The van der Waals surface area contributed by atoms with Crippen molar-refractivity contribution in [2.24, 2.45) is 0 Å². The van der Waals surface area contributed by atoms with Gasteiger partial charge in [-0.05, 0) is 24.1 Å². The number of halogens is 1. The van der Waals surface area contributed by atoms with E-state index in [1.165, 1.54) is 18.2 Å². The third kappa shape index (κ3) is 6.23. The van der Waals surface area contributed by atoms with Gasteiger partial charge in [-0.1, -0.05) is 78.4 Å². The predicted octanol–water partition coefficient (Wildman–Crippen LogP) is 3.80. The molecule has 0 heterocycles. The Balaban J connectivity index is 1.83. The van der Waals surface area contributed by atoms with Crippen molar-refractivity contribution in [1.29, 1.82) is 0 Å². The number of carbonyl (C=O) groups is 1. The van der Waals surface area contributed by atoms with E-state index in [1.807, 2.05) is 61.5 Å². The quantitative estimate of drug-likeness (QED) is 0.579. The number of nitrogens with zero attached hydrogens (tertiary/aromatic N) is 1. The van der Waals surface area contributed by atoms with E-state index in [-0.39, 0.29) is 12.1 Å². The van der Waals surface area contributed by atoms with Crippen molar-refractivity contribution in [3.63, 3.8) is 0 Å². The molecule has 7 heteroatoms. The Hall–Kier alpha value is -3.03. The van der Waals surface area contributed by atoms with E-state index in [0.717, 1.165) is 27.3 Å². The molecule has 1 atom stereocenters. The number of hydrogen-bond donors (Lipinski definition) is 1. The standard InChI is InChI=1S/C24H25FN2O3S/c1-18-12-14-20(15-13-18)24(19-8-4-3-5-9-19)26-23(28)17-27(31(2,29)30)16-21-10-6-7-11-22(21)25/h3-15,24H,16-17H2,1-2H3,(H,26,28)/t24-/m1/s1. The third-order valence-corrected chi connectivity index (χ3v) is 6.14. The lowest BCUT2D eigenvalue weighted by Crippen LogP contribution is -2.41. The molecular formula is C24H25FN2O3S. The van der Waals surface area contributed by atoms with Gasteiger partial charge in [-0.2, -0.15) is 4.31 Å². The van der Waals surface area contributed by atoms with Crippen molar-refractivity contribution in [3.8, 4) is 0 Å². The molecule has 0 aromatic heterocycles. The van der Waals surface area contributed by atoms with Crippen molar-refractivity contribution in [2.45, 2.75) is 19.5 Å². The molecule has 0 bridgehead atoms. The minimum Gasteiger partial charge on any atom is -0.344 e. The molecule has 0 aliphatic heterocycles. The van der Waals surface area contributed by atoms with Gasteiger partial charge < -0.3 is 5.32 Å². The van der Waals surface area contributed by atoms with Crippen LogP contribution in [0.2, 0.25) is 0 Å². The Labute approximate surface area is 182 Å². The maximum atomic E-state index is 14.0. The number of carbonyl (C=O) groups excluding carboxylic acids is 1. The van der Waals surface area contributed by atoms with E-state index in [1.54, 1.807) is 6.07 Å². The zero-order valence-corrected chi connectivity index (χ0v) is 18.3. The van der Waals surface area contributed by atoms with Crippen molar-refractivity contribution in [3.05, 3.63) is 107 Å². The van der Waals surface area contributed by atoms with Gasteiger partial charge in [0.05, 0.1) is 18.8 Å². The number of sulfonamides is 1. The topological polar surface area (TPSA) is 66.5 Å². The average Bonchev–Trinajstić information content (AvgIpc) is 2.74. The zero-order valence-electron chi connectivity index (χ0n) is 17.5. The normalized spacial score (nSPS) is 12.5. The summed E-state index contributed by atoms with van der Waals surface area (Å²) in [5.74, 6) is -0.991. The van der Waals surface area contributed by atoms with Gasteiger partial charge in [-0.15, -0.1) is 0 Å². The molecule has 3 aromatic rings. The highest BCUT2D eigenvalue weighted by molar-refractivity contribution is 7.88. The number of rotatable bonds is 8. The zero-order chi connectivity index (χ0) is 22.4. The second-order valence-electron chi connectivity index (χ2n) is 7.44. The van der Waals surface area contributed by atoms with Gasteiger partial charge in [-0.25, -0.2) is 12.8 Å². The Morgan fingerprint density at radius 2 is 1.52 bits per heavy atom. The van der Waals surface area contributed by atoms with Crippen LogP contribution in [0.4, 0.5) is 4.39 Å². The molecule has 0 saturated carbocycles. The Bertz CT molecular complexity index is 1130. The molecule has 1 amide bonds. The lowest BCUT2D eigenvalue weighted by atomic mass is 9.98. The average molecular weight is 441 g/mol. The highest BCUT2D eigenvalue weighted by Crippen LogP contribution is 2.22. The summed E-state index contributed by atoms with van der Waals surface area (Å²) in [5.41, 5.74) is 3.05. The summed E-state index contributed by atoms with van der Waals surface area (Å²) < 4.78 is 39.5. The highest BCUT2D eigenvalue weighted by atomic mass is 32.2. The van der Waals surface area contributed by atoms with Crippen LogP contribution in [0.3, 0.4) is 0 Å². The second-order valence-corrected chi connectivity index (χ2v) is 9.43.